The standard InChI is InChI=1S/C24H25Cl2N5O2S/c1-3-34-20-7-6-16(12-27-20)31(2)13-19(32)28-15-10-17(25)21(18(26)11-15)24(8-9-24)23-29-22(33-30-23)14-4-5-14/h6-7,10-12,14H,3-5,8-9,13H2,1-2H3,(H,28,32). The van der Waals surface area contributed by atoms with E-state index in [9.17, 15) is 4.79 Å². The summed E-state index contributed by atoms with van der Waals surface area (Å²) in [7, 11) is 1.85. The number of halogens is 2. The van der Waals surface area contributed by atoms with Crippen LogP contribution in [-0.2, 0) is 10.2 Å². The Morgan fingerprint density at radius 3 is 2.59 bits per heavy atom. The van der Waals surface area contributed by atoms with Crippen molar-refractivity contribution < 1.29 is 9.32 Å². The highest BCUT2D eigenvalue weighted by molar-refractivity contribution is 7.99. The normalized spacial score (nSPS) is 16.4. The number of hydrogen-bond donors (Lipinski definition) is 1. The summed E-state index contributed by atoms with van der Waals surface area (Å²) >= 11 is 15.0. The fourth-order valence-corrected chi connectivity index (χ4v) is 5.51. The number of pyridine rings is 1. The zero-order chi connectivity index (χ0) is 23.9. The van der Waals surface area contributed by atoms with Gasteiger partial charge >= 0.3 is 0 Å². The average molecular weight is 518 g/mol. The molecule has 0 spiro atoms. The minimum absolute atomic E-state index is 0.162. The van der Waals surface area contributed by atoms with E-state index >= 15 is 0 Å². The van der Waals surface area contributed by atoms with Gasteiger partial charge in [0.1, 0.15) is 0 Å². The second-order valence-corrected chi connectivity index (χ2v) is 10.9. The van der Waals surface area contributed by atoms with Crippen LogP contribution in [0.2, 0.25) is 10.0 Å². The number of anilines is 2. The Labute approximate surface area is 212 Å². The lowest BCUT2D eigenvalue weighted by atomic mass is 9.94. The van der Waals surface area contributed by atoms with Gasteiger partial charge in [-0.25, -0.2) is 4.98 Å². The molecule has 10 heteroatoms. The smallest absolute Gasteiger partial charge is 0.243 e. The van der Waals surface area contributed by atoms with Crippen LogP contribution in [-0.4, -0.2) is 40.4 Å². The maximum atomic E-state index is 12.7. The number of carbonyl (C=O) groups is 1. The summed E-state index contributed by atoms with van der Waals surface area (Å²) in [6.45, 7) is 2.25. The number of benzene rings is 1. The van der Waals surface area contributed by atoms with Crippen LogP contribution in [0, 0.1) is 0 Å². The predicted octanol–water partition coefficient (Wildman–Crippen LogP) is 5.92. The fourth-order valence-electron chi connectivity index (χ4n) is 4.08. The molecule has 1 amide bonds. The summed E-state index contributed by atoms with van der Waals surface area (Å²) in [5.74, 6) is 2.53. The number of rotatable bonds is 9. The first kappa shape index (κ1) is 23.5. The van der Waals surface area contributed by atoms with Gasteiger partial charge in [0.05, 0.1) is 28.9 Å². The summed E-state index contributed by atoms with van der Waals surface area (Å²) in [6, 6.07) is 7.39. The molecule has 0 bridgehead atoms. The molecule has 2 fully saturated rings. The first-order valence-corrected chi connectivity index (χ1v) is 13.1. The molecule has 1 aromatic carbocycles. The summed E-state index contributed by atoms with van der Waals surface area (Å²) in [5.41, 5.74) is 1.80. The molecule has 3 aromatic rings. The maximum Gasteiger partial charge on any atom is 0.243 e. The highest BCUT2D eigenvalue weighted by Gasteiger charge is 2.53. The summed E-state index contributed by atoms with van der Waals surface area (Å²) in [6.07, 6.45) is 5.68. The van der Waals surface area contributed by atoms with Crippen LogP contribution in [0.25, 0.3) is 0 Å². The molecule has 0 atom stereocenters. The molecule has 2 aliphatic carbocycles. The van der Waals surface area contributed by atoms with Gasteiger partial charge in [0.25, 0.3) is 0 Å². The molecule has 5 rings (SSSR count). The van der Waals surface area contributed by atoms with Crippen molar-refractivity contribution in [2.75, 3.05) is 29.6 Å². The Bertz CT molecular complexity index is 1190. The maximum absolute atomic E-state index is 12.7. The molecule has 34 heavy (non-hydrogen) atoms. The molecule has 178 valence electrons. The third kappa shape index (κ3) is 4.76. The van der Waals surface area contributed by atoms with E-state index in [0.717, 1.165) is 47.7 Å². The second-order valence-electron chi connectivity index (χ2n) is 8.82. The number of aromatic nitrogens is 3. The zero-order valence-electron chi connectivity index (χ0n) is 19.0. The lowest BCUT2D eigenvalue weighted by Gasteiger charge is -2.20. The van der Waals surface area contributed by atoms with Gasteiger partial charge in [0.2, 0.25) is 11.8 Å². The molecular weight excluding hydrogens is 493 g/mol. The number of nitrogens with zero attached hydrogens (tertiary/aromatic N) is 4. The Morgan fingerprint density at radius 1 is 1.26 bits per heavy atom. The predicted molar refractivity (Wildman–Crippen MR) is 135 cm³/mol. The van der Waals surface area contributed by atoms with E-state index < -0.39 is 5.41 Å². The van der Waals surface area contributed by atoms with Gasteiger partial charge < -0.3 is 14.7 Å². The third-order valence-electron chi connectivity index (χ3n) is 6.19. The number of amides is 1. The van der Waals surface area contributed by atoms with Crippen LogP contribution in [0.3, 0.4) is 0 Å². The van der Waals surface area contributed by atoms with Crippen molar-refractivity contribution in [3.8, 4) is 0 Å². The van der Waals surface area contributed by atoms with E-state index in [2.05, 4.69) is 27.4 Å². The van der Waals surface area contributed by atoms with Crippen LogP contribution in [0.4, 0.5) is 11.4 Å². The Hall–Kier alpha value is -2.29. The Morgan fingerprint density at radius 2 is 2.00 bits per heavy atom. The molecule has 2 aromatic heterocycles. The molecule has 0 saturated heterocycles. The number of nitrogens with one attached hydrogen (secondary N) is 1. The number of thioether (sulfide) groups is 1. The number of likely N-dealkylation sites (N-methyl/N-ethyl adjacent to an activating group) is 1. The van der Waals surface area contributed by atoms with E-state index in [1.54, 1.807) is 30.1 Å². The van der Waals surface area contributed by atoms with Crippen molar-refractivity contribution in [2.45, 2.75) is 49.0 Å². The molecule has 2 heterocycles. The topological polar surface area (TPSA) is 84.2 Å². The SMILES string of the molecule is CCSc1ccc(N(C)CC(=O)Nc2cc(Cl)c(C3(c4noc(C5CC5)n4)CC3)c(Cl)c2)cn1. The van der Waals surface area contributed by atoms with Gasteiger partial charge in [0, 0.05) is 34.3 Å². The van der Waals surface area contributed by atoms with Crippen molar-refractivity contribution in [1.29, 1.82) is 0 Å². The van der Waals surface area contributed by atoms with Crippen molar-refractivity contribution in [1.82, 2.24) is 15.1 Å². The van der Waals surface area contributed by atoms with E-state index in [0.29, 0.717) is 33.4 Å². The summed E-state index contributed by atoms with van der Waals surface area (Å²) < 4.78 is 5.47. The van der Waals surface area contributed by atoms with Gasteiger partial charge in [0.15, 0.2) is 5.82 Å². The number of hydrogen-bond acceptors (Lipinski definition) is 7. The minimum atomic E-state index is -0.414. The highest BCUT2D eigenvalue weighted by Crippen LogP contribution is 2.57. The summed E-state index contributed by atoms with van der Waals surface area (Å²) in [5, 5.41) is 9.07. The van der Waals surface area contributed by atoms with Crippen LogP contribution < -0.4 is 10.2 Å². The molecular formula is C24H25Cl2N5O2S. The van der Waals surface area contributed by atoms with Gasteiger partial charge in [-0.1, -0.05) is 35.3 Å². The van der Waals surface area contributed by atoms with Crippen molar-refractivity contribution >= 4 is 52.2 Å². The third-order valence-corrected chi connectivity index (χ3v) is 7.61. The van der Waals surface area contributed by atoms with E-state index in [1.165, 1.54) is 0 Å². The van der Waals surface area contributed by atoms with Gasteiger partial charge in [-0.15, -0.1) is 11.8 Å². The Kier molecular flexibility index (Phi) is 6.48. The van der Waals surface area contributed by atoms with Crippen LogP contribution in [0.15, 0.2) is 40.0 Å². The molecule has 0 unspecified atom stereocenters. The van der Waals surface area contributed by atoms with Gasteiger partial charge in [-0.05, 0) is 55.7 Å². The Balaban J connectivity index is 1.27. The van der Waals surface area contributed by atoms with Crippen molar-refractivity contribution in [3.05, 3.63) is 57.8 Å². The highest BCUT2D eigenvalue weighted by atomic mass is 35.5. The first-order chi connectivity index (χ1) is 16.4. The molecule has 0 aliphatic heterocycles. The zero-order valence-corrected chi connectivity index (χ0v) is 21.3. The van der Waals surface area contributed by atoms with Gasteiger partial charge in [-0.2, -0.15) is 4.98 Å². The molecule has 2 aliphatic rings. The molecule has 1 N–H and O–H groups in total. The average Bonchev–Trinajstić information content (AvgIpc) is 3.73. The van der Waals surface area contributed by atoms with Crippen LogP contribution >= 0.6 is 35.0 Å². The quantitative estimate of drug-likeness (QED) is 0.352. The van der Waals surface area contributed by atoms with E-state index in [1.807, 2.05) is 24.1 Å². The molecule has 7 nitrogen and oxygen atoms in total. The molecule has 2 saturated carbocycles. The molecule has 0 radical (unpaired) electrons. The van der Waals surface area contributed by atoms with Crippen molar-refractivity contribution in [2.24, 2.45) is 0 Å². The van der Waals surface area contributed by atoms with Crippen LogP contribution in [0.5, 0.6) is 0 Å². The van der Waals surface area contributed by atoms with Crippen LogP contribution in [0.1, 0.15) is 55.8 Å². The largest absolute Gasteiger partial charge is 0.364 e. The summed E-state index contributed by atoms with van der Waals surface area (Å²) in [4.78, 5) is 23.6. The first-order valence-electron chi connectivity index (χ1n) is 11.3. The number of carbonyl (C=O) groups excluding carboxylic acids is 1. The lowest BCUT2D eigenvalue weighted by molar-refractivity contribution is -0.114. The van der Waals surface area contributed by atoms with Crippen molar-refractivity contribution in [3.63, 3.8) is 0 Å². The second kappa shape index (κ2) is 9.40. The lowest BCUT2D eigenvalue weighted by Crippen LogP contribution is -2.30. The fraction of sp³-hybridized carbons (Fsp3) is 0.417. The van der Waals surface area contributed by atoms with E-state index in [4.69, 9.17) is 27.7 Å². The monoisotopic (exact) mass is 517 g/mol. The van der Waals surface area contributed by atoms with E-state index in [-0.39, 0.29) is 12.5 Å². The minimum Gasteiger partial charge on any atom is -0.364 e. The van der Waals surface area contributed by atoms with Gasteiger partial charge in [-0.3, -0.25) is 4.79 Å².